The van der Waals surface area contributed by atoms with Gasteiger partial charge in [0.05, 0.1) is 5.60 Å². The molecule has 0 bridgehead atoms. The number of nitroso groups, excluding NO2 is 1. The Morgan fingerprint density at radius 1 is 1.24 bits per heavy atom. The summed E-state index contributed by atoms with van der Waals surface area (Å²) >= 11 is 0. The molecule has 7 heteroatoms. The smallest absolute Gasteiger partial charge is 0.303 e. The van der Waals surface area contributed by atoms with Crippen molar-refractivity contribution in [3.63, 3.8) is 0 Å². The van der Waals surface area contributed by atoms with E-state index in [-0.39, 0.29) is 37.4 Å². The molecule has 29 heavy (non-hydrogen) atoms. The molecule has 7 atom stereocenters. The number of carbonyl (C=O) groups excluding carboxylic acids is 1. The van der Waals surface area contributed by atoms with E-state index in [0.717, 1.165) is 5.57 Å². The molecule has 0 saturated heterocycles. The largest absolute Gasteiger partial charge is 0.481 e. The lowest BCUT2D eigenvalue weighted by Crippen LogP contribution is -2.68. The molecule has 0 aromatic carbocycles. The van der Waals surface area contributed by atoms with E-state index >= 15 is 4.39 Å². The van der Waals surface area contributed by atoms with Crippen LogP contribution in [0.2, 0.25) is 0 Å². The number of alkyl halides is 1. The van der Waals surface area contributed by atoms with E-state index in [1.54, 1.807) is 6.08 Å². The van der Waals surface area contributed by atoms with Crippen molar-refractivity contribution in [2.75, 3.05) is 0 Å². The van der Waals surface area contributed by atoms with Gasteiger partial charge in [-0.1, -0.05) is 24.6 Å². The molecule has 0 heterocycles. The molecule has 3 fully saturated rings. The Hall–Kier alpha value is -1.63. The van der Waals surface area contributed by atoms with Gasteiger partial charge in [-0.25, -0.2) is 4.39 Å². The van der Waals surface area contributed by atoms with Gasteiger partial charge in [0.2, 0.25) is 0 Å². The SMILES string of the molecule is C[C@]12CCC(=O)C=C1CC[C@H]1[C@@H]3CC[C@@](O)(CCC(=O)O)[C@@]3(C)C[C@H](N=O)[C@@]12F. The van der Waals surface area contributed by atoms with E-state index in [0.29, 0.717) is 32.1 Å². The third kappa shape index (κ3) is 2.55. The summed E-state index contributed by atoms with van der Waals surface area (Å²) < 4.78 is 17.1. The topological polar surface area (TPSA) is 104 Å². The zero-order chi connectivity index (χ0) is 21.2. The second-order valence-corrected chi connectivity index (χ2v) is 10.2. The Kier molecular flexibility index (Phi) is 4.58. The first kappa shape index (κ1) is 20.6. The molecule has 3 saturated carbocycles. The maximum atomic E-state index is 17.1. The standard InChI is InChI=1S/C22H30FNO5/c1-19-8-5-14(25)11-13(19)3-4-16-15-6-9-21(28,10-7-18(26)27)20(15,2)12-17(24-29)22(16,19)23/h11,15-17,28H,3-10,12H2,1-2H3,(H,26,27)/t15-,16-,17-,19-,20-,21+,22-/m0/s1. The summed E-state index contributed by atoms with van der Waals surface area (Å²) in [6.45, 7) is 3.73. The highest BCUT2D eigenvalue weighted by molar-refractivity contribution is 5.91. The fourth-order valence-electron chi connectivity index (χ4n) is 7.50. The Labute approximate surface area is 169 Å². The number of carbonyl (C=O) groups is 2. The molecule has 0 amide bonds. The number of carboxylic acids is 1. The summed E-state index contributed by atoms with van der Waals surface area (Å²) in [5.41, 5.74) is -3.93. The van der Waals surface area contributed by atoms with E-state index in [4.69, 9.17) is 5.11 Å². The van der Waals surface area contributed by atoms with Gasteiger partial charge >= 0.3 is 5.97 Å². The third-order valence-electron chi connectivity index (χ3n) is 9.24. The lowest BCUT2D eigenvalue weighted by molar-refractivity contribution is -0.187. The van der Waals surface area contributed by atoms with Crippen LogP contribution in [0.5, 0.6) is 0 Å². The van der Waals surface area contributed by atoms with Crippen LogP contribution in [0.3, 0.4) is 0 Å². The number of halogens is 1. The molecule has 4 aliphatic carbocycles. The minimum atomic E-state index is -1.85. The molecule has 2 N–H and O–H groups in total. The van der Waals surface area contributed by atoms with E-state index in [1.165, 1.54) is 0 Å². The number of aliphatic carboxylic acids is 1. The molecule has 0 radical (unpaired) electrons. The van der Waals surface area contributed by atoms with Crippen LogP contribution in [0.1, 0.15) is 71.6 Å². The first-order valence-electron chi connectivity index (χ1n) is 10.7. The second kappa shape index (κ2) is 6.43. The van der Waals surface area contributed by atoms with Crippen LogP contribution in [-0.2, 0) is 9.59 Å². The zero-order valence-electron chi connectivity index (χ0n) is 17.1. The number of hydrogen-bond acceptors (Lipinski definition) is 5. The van der Waals surface area contributed by atoms with Crippen LogP contribution in [0.15, 0.2) is 16.8 Å². The molecule has 0 aromatic rings. The lowest BCUT2D eigenvalue weighted by atomic mass is 9.43. The van der Waals surface area contributed by atoms with E-state index in [1.807, 2.05) is 13.8 Å². The lowest BCUT2D eigenvalue weighted by Gasteiger charge is -2.63. The molecular weight excluding hydrogens is 377 g/mol. The van der Waals surface area contributed by atoms with Crippen LogP contribution < -0.4 is 0 Å². The number of fused-ring (bicyclic) bond motifs is 5. The first-order valence-corrected chi connectivity index (χ1v) is 10.7. The minimum Gasteiger partial charge on any atom is -0.481 e. The molecule has 160 valence electrons. The van der Waals surface area contributed by atoms with Gasteiger partial charge < -0.3 is 10.2 Å². The van der Waals surface area contributed by atoms with E-state index in [2.05, 4.69) is 5.18 Å². The fourth-order valence-corrected chi connectivity index (χ4v) is 7.50. The number of nitrogens with zero attached hydrogens (tertiary/aromatic N) is 1. The molecule has 4 rings (SSSR count). The Bertz CT molecular complexity index is 798. The number of carboxylic acid groups (broad SMARTS) is 1. The van der Waals surface area contributed by atoms with Crippen molar-refractivity contribution in [3.8, 4) is 0 Å². The zero-order valence-corrected chi connectivity index (χ0v) is 17.1. The summed E-state index contributed by atoms with van der Waals surface area (Å²) in [4.78, 5) is 35.0. The maximum absolute atomic E-state index is 17.1. The molecule has 6 nitrogen and oxygen atoms in total. The van der Waals surface area contributed by atoms with E-state index < -0.39 is 40.0 Å². The molecule has 0 spiro atoms. The maximum Gasteiger partial charge on any atom is 0.303 e. The van der Waals surface area contributed by atoms with Crippen molar-refractivity contribution in [1.29, 1.82) is 0 Å². The predicted octanol–water partition coefficient (Wildman–Crippen LogP) is 3.95. The highest BCUT2D eigenvalue weighted by Gasteiger charge is 2.73. The van der Waals surface area contributed by atoms with Crippen molar-refractivity contribution >= 4 is 11.8 Å². The van der Waals surface area contributed by atoms with Gasteiger partial charge in [-0.3, -0.25) is 9.59 Å². The highest BCUT2D eigenvalue weighted by Crippen LogP contribution is 2.71. The summed E-state index contributed by atoms with van der Waals surface area (Å²) in [6.07, 6.45) is 4.45. The molecule has 0 aliphatic heterocycles. The molecule has 0 unspecified atom stereocenters. The Balaban J connectivity index is 1.77. The van der Waals surface area contributed by atoms with Crippen LogP contribution in [0.4, 0.5) is 4.39 Å². The van der Waals surface area contributed by atoms with Gasteiger partial charge in [-0.2, -0.15) is 4.91 Å². The second-order valence-electron chi connectivity index (χ2n) is 10.2. The van der Waals surface area contributed by atoms with Gasteiger partial charge in [0.15, 0.2) is 5.78 Å². The number of hydrogen-bond donors (Lipinski definition) is 2. The number of allylic oxidation sites excluding steroid dienone is 1. The minimum absolute atomic E-state index is 0.0136. The summed E-state index contributed by atoms with van der Waals surface area (Å²) in [6, 6.07) is -1.12. The summed E-state index contributed by atoms with van der Waals surface area (Å²) in [5.74, 6) is -1.53. The number of aliphatic hydroxyl groups is 1. The monoisotopic (exact) mass is 407 g/mol. The van der Waals surface area contributed by atoms with Crippen molar-refractivity contribution in [2.24, 2.45) is 27.8 Å². The van der Waals surface area contributed by atoms with Crippen LogP contribution in [0, 0.1) is 27.6 Å². The van der Waals surface area contributed by atoms with Gasteiger partial charge in [0, 0.05) is 23.7 Å². The normalized spacial score (nSPS) is 48.9. The van der Waals surface area contributed by atoms with Crippen LogP contribution in [-0.4, -0.2) is 39.3 Å². The summed E-state index contributed by atoms with van der Waals surface area (Å²) in [7, 11) is 0. The van der Waals surface area contributed by atoms with Crippen molar-refractivity contribution in [3.05, 3.63) is 16.6 Å². The number of ketones is 1. The Morgan fingerprint density at radius 3 is 2.62 bits per heavy atom. The quantitative estimate of drug-likeness (QED) is 0.687. The van der Waals surface area contributed by atoms with E-state index in [9.17, 15) is 19.6 Å². The predicted molar refractivity (Wildman–Crippen MR) is 104 cm³/mol. The first-order chi connectivity index (χ1) is 13.5. The number of rotatable bonds is 4. The summed E-state index contributed by atoms with van der Waals surface area (Å²) in [5, 5.41) is 23.8. The molecular formula is C22H30FNO5. The van der Waals surface area contributed by atoms with Crippen molar-refractivity contribution in [1.82, 2.24) is 0 Å². The van der Waals surface area contributed by atoms with Gasteiger partial charge in [0.1, 0.15) is 11.7 Å². The highest BCUT2D eigenvalue weighted by atomic mass is 19.1. The average molecular weight is 407 g/mol. The van der Waals surface area contributed by atoms with Crippen LogP contribution in [0.25, 0.3) is 0 Å². The van der Waals surface area contributed by atoms with Gasteiger partial charge in [-0.15, -0.1) is 0 Å². The average Bonchev–Trinajstić information content (AvgIpc) is 2.92. The van der Waals surface area contributed by atoms with Crippen molar-refractivity contribution < 1.29 is 24.2 Å². The molecule has 4 aliphatic rings. The van der Waals surface area contributed by atoms with Gasteiger partial charge in [-0.05, 0) is 62.9 Å². The van der Waals surface area contributed by atoms with Gasteiger partial charge in [0.25, 0.3) is 0 Å². The molecule has 0 aromatic heterocycles. The Morgan fingerprint density at radius 2 is 1.97 bits per heavy atom. The van der Waals surface area contributed by atoms with Crippen molar-refractivity contribution in [2.45, 2.75) is 88.9 Å². The third-order valence-corrected chi connectivity index (χ3v) is 9.24. The van der Waals surface area contributed by atoms with Crippen LogP contribution >= 0.6 is 0 Å². The fraction of sp³-hybridized carbons (Fsp3) is 0.818.